The van der Waals surface area contributed by atoms with Crippen LogP contribution in [0.15, 0.2) is 24.3 Å². The summed E-state index contributed by atoms with van der Waals surface area (Å²) in [6.45, 7) is 0. The first-order valence-corrected chi connectivity index (χ1v) is 8.49. The van der Waals surface area contributed by atoms with Crippen LogP contribution in [0.3, 0.4) is 0 Å². The van der Waals surface area contributed by atoms with Crippen LogP contribution in [0.5, 0.6) is 0 Å². The van der Waals surface area contributed by atoms with Crippen molar-refractivity contribution in [2.45, 2.75) is 12.5 Å². The summed E-state index contributed by atoms with van der Waals surface area (Å²) in [5.74, 6) is -1.66. The molecule has 1 fully saturated rings. The van der Waals surface area contributed by atoms with Crippen molar-refractivity contribution in [3.05, 3.63) is 34.9 Å². The first-order chi connectivity index (χ1) is 9.69. The molecular formula is C13H15ClN2O4S. The first kappa shape index (κ1) is 15.8. The molecule has 0 spiro atoms. The second-order valence-electron chi connectivity index (χ2n) is 5.05. The average Bonchev–Trinajstić information content (AvgIpc) is 2.64. The Kier molecular flexibility index (Phi) is 4.25. The van der Waals surface area contributed by atoms with Gasteiger partial charge in [0.25, 0.3) is 0 Å². The highest BCUT2D eigenvalue weighted by Crippen LogP contribution is 2.37. The van der Waals surface area contributed by atoms with Crippen molar-refractivity contribution in [2.75, 3.05) is 13.3 Å². The predicted octanol–water partition coefficient (Wildman–Crippen LogP) is 0.935. The highest BCUT2D eigenvalue weighted by Gasteiger charge is 2.43. The van der Waals surface area contributed by atoms with Gasteiger partial charge in [-0.3, -0.25) is 14.3 Å². The zero-order chi connectivity index (χ0) is 15.8. The summed E-state index contributed by atoms with van der Waals surface area (Å²) >= 11 is 5.94. The topological polar surface area (TPSA) is 83.6 Å². The van der Waals surface area contributed by atoms with Gasteiger partial charge in [0.1, 0.15) is 0 Å². The van der Waals surface area contributed by atoms with Crippen molar-refractivity contribution in [1.82, 2.24) is 9.62 Å². The van der Waals surface area contributed by atoms with Crippen LogP contribution in [-0.2, 0) is 19.6 Å². The smallest absolute Gasteiger partial charge is 0.239 e. The number of carbonyl (C=O) groups is 2. The molecule has 8 heteroatoms. The second kappa shape index (κ2) is 5.65. The van der Waals surface area contributed by atoms with Gasteiger partial charge in [0.2, 0.25) is 21.8 Å². The molecule has 1 saturated heterocycles. The number of nitrogens with zero attached hydrogens (tertiary/aromatic N) is 1. The minimum absolute atomic E-state index is 0.0327. The Morgan fingerprint density at radius 2 is 2.10 bits per heavy atom. The summed E-state index contributed by atoms with van der Waals surface area (Å²) in [6, 6.07) is 6.31. The van der Waals surface area contributed by atoms with Crippen molar-refractivity contribution in [3.8, 4) is 0 Å². The van der Waals surface area contributed by atoms with Crippen LogP contribution in [0.25, 0.3) is 0 Å². The van der Waals surface area contributed by atoms with Crippen LogP contribution in [0, 0.1) is 5.92 Å². The number of likely N-dealkylation sites (tertiary alicyclic amines) is 1. The van der Waals surface area contributed by atoms with E-state index in [-0.39, 0.29) is 12.3 Å². The summed E-state index contributed by atoms with van der Waals surface area (Å²) in [6.07, 6.45) is 0.870. The molecule has 1 heterocycles. The number of amides is 2. The molecule has 0 aromatic heterocycles. The fourth-order valence-corrected chi connectivity index (χ4v) is 3.23. The molecule has 2 unspecified atom stereocenters. The number of hydrogen-bond donors (Lipinski definition) is 1. The van der Waals surface area contributed by atoms with Gasteiger partial charge in [-0.1, -0.05) is 23.7 Å². The molecule has 2 amide bonds. The highest BCUT2D eigenvalue weighted by atomic mass is 35.5. The number of carbonyl (C=O) groups excluding carboxylic acids is 2. The quantitative estimate of drug-likeness (QED) is 0.893. The Morgan fingerprint density at radius 1 is 1.43 bits per heavy atom. The van der Waals surface area contributed by atoms with Crippen LogP contribution in [-0.4, -0.2) is 38.4 Å². The van der Waals surface area contributed by atoms with E-state index in [0.29, 0.717) is 10.6 Å². The van der Waals surface area contributed by atoms with E-state index in [0.717, 1.165) is 6.26 Å². The number of hydrogen-bond acceptors (Lipinski definition) is 4. The van der Waals surface area contributed by atoms with Crippen molar-refractivity contribution in [3.63, 3.8) is 0 Å². The number of sulfonamides is 1. The van der Waals surface area contributed by atoms with Crippen LogP contribution < -0.4 is 4.72 Å². The van der Waals surface area contributed by atoms with E-state index in [2.05, 4.69) is 0 Å². The molecule has 21 heavy (non-hydrogen) atoms. The summed E-state index contributed by atoms with van der Waals surface area (Å²) in [5.41, 5.74) is 0.699. The molecule has 0 radical (unpaired) electrons. The van der Waals surface area contributed by atoms with Crippen molar-refractivity contribution < 1.29 is 18.0 Å². The van der Waals surface area contributed by atoms with E-state index < -0.39 is 27.9 Å². The molecular weight excluding hydrogens is 316 g/mol. The molecule has 0 aliphatic carbocycles. The van der Waals surface area contributed by atoms with E-state index in [4.69, 9.17) is 11.6 Å². The first-order valence-electron chi connectivity index (χ1n) is 6.22. The minimum atomic E-state index is -3.66. The second-order valence-corrected chi connectivity index (χ2v) is 7.24. The molecule has 0 bridgehead atoms. The van der Waals surface area contributed by atoms with E-state index in [1.807, 2.05) is 4.72 Å². The summed E-state index contributed by atoms with van der Waals surface area (Å²) < 4.78 is 24.4. The Balaban J connectivity index is 2.35. The maximum Gasteiger partial charge on any atom is 0.239 e. The molecule has 0 saturated carbocycles. The summed E-state index contributed by atoms with van der Waals surface area (Å²) in [5, 5.41) is 0.488. The Labute approximate surface area is 128 Å². The molecule has 1 N–H and O–H groups in total. The van der Waals surface area contributed by atoms with Gasteiger partial charge in [-0.05, 0) is 17.7 Å². The zero-order valence-electron chi connectivity index (χ0n) is 11.5. The largest absolute Gasteiger partial charge is 0.338 e. The standard InChI is InChI=1S/C13H15ClN2O4S/c1-16-11(17)7-10(13(18)15-21(2,19)20)12(16)8-4-3-5-9(14)6-8/h3-6,10,12H,7H2,1-2H3,(H,15,18). The van der Waals surface area contributed by atoms with Gasteiger partial charge >= 0.3 is 0 Å². The normalized spacial score (nSPS) is 22.4. The number of nitrogens with one attached hydrogen (secondary N) is 1. The van der Waals surface area contributed by atoms with Gasteiger partial charge in [0.05, 0.1) is 18.2 Å². The number of rotatable bonds is 3. The lowest BCUT2D eigenvalue weighted by Crippen LogP contribution is -2.37. The number of benzene rings is 1. The summed E-state index contributed by atoms with van der Waals surface area (Å²) in [7, 11) is -2.08. The van der Waals surface area contributed by atoms with E-state index in [1.54, 1.807) is 31.3 Å². The lowest BCUT2D eigenvalue weighted by atomic mass is 9.93. The van der Waals surface area contributed by atoms with E-state index in [9.17, 15) is 18.0 Å². The Bertz CT molecular complexity index is 689. The van der Waals surface area contributed by atoms with Gasteiger partial charge < -0.3 is 4.90 Å². The molecule has 1 aromatic carbocycles. The molecule has 6 nitrogen and oxygen atoms in total. The monoisotopic (exact) mass is 330 g/mol. The minimum Gasteiger partial charge on any atom is -0.338 e. The predicted molar refractivity (Wildman–Crippen MR) is 78.1 cm³/mol. The van der Waals surface area contributed by atoms with Crippen molar-refractivity contribution >= 4 is 33.4 Å². The molecule has 1 aliphatic heterocycles. The maximum atomic E-state index is 12.1. The molecule has 114 valence electrons. The maximum absolute atomic E-state index is 12.1. The fraction of sp³-hybridized carbons (Fsp3) is 0.385. The zero-order valence-corrected chi connectivity index (χ0v) is 13.1. The van der Waals surface area contributed by atoms with Crippen LogP contribution >= 0.6 is 11.6 Å². The average molecular weight is 331 g/mol. The van der Waals surface area contributed by atoms with Gasteiger partial charge in [-0.2, -0.15) is 0 Å². The molecule has 2 atom stereocenters. The van der Waals surface area contributed by atoms with Gasteiger partial charge in [-0.25, -0.2) is 8.42 Å². The van der Waals surface area contributed by atoms with E-state index >= 15 is 0 Å². The van der Waals surface area contributed by atoms with E-state index in [1.165, 1.54) is 4.90 Å². The SMILES string of the molecule is CN1C(=O)CC(C(=O)NS(C)(=O)=O)C1c1cccc(Cl)c1. The van der Waals surface area contributed by atoms with Crippen LogP contribution in [0.4, 0.5) is 0 Å². The number of halogens is 1. The third-order valence-corrected chi connectivity index (χ3v) is 4.21. The van der Waals surface area contributed by atoms with Crippen molar-refractivity contribution in [2.24, 2.45) is 5.92 Å². The molecule has 2 rings (SSSR count). The summed E-state index contributed by atoms with van der Waals surface area (Å²) in [4.78, 5) is 25.4. The van der Waals surface area contributed by atoms with Gasteiger partial charge in [0.15, 0.2) is 0 Å². The molecule has 1 aromatic rings. The lowest BCUT2D eigenvalue weighted by Gasteiger charge is -2.24. The van der Waals surface area contributed by atoms with Crippen molar-refractivity contribution in [1.29, 1.82) is 0 Å². The third kappa shape index (κ3) is 3.54. The third-order valence-electron chi connectivity index (χ3n) is 3.40. The molecule has 1 aliphatic rings. The Morgan fingerprint density at radius 3 is 2.67 bits per heavy atom. The Hall–Kier alpha value is -1.60. The van der Waals surface area contributed by atoms with Gasteiger partial charge in [-0.15, -0.1) is 0 Å². The fourth-order valence-electron chi connectivity index (χ4n) is 2.51. The van der Waals surface area contributed by atoms with Crippen LogP contribution in [0.2, 0.25) is 5.02 Å². The van der Waals surface area contributed by atoms with Gasteiger partial charge in [0, 0.05) is 18.5 Å². The van der Waals surface area contributed by atoms with Crippen LogP contribution in [0.1, 0.15) is 18.0 Å². The highest BCUT2D eigenvalue weighted by molar-refractivity contribution is 7.89. The lowest BCUT2D eigenvalue weighted by molar-refractivity contribution is -0.128.